The van der Waals surface area contributed by atoms with E-state index in [4.69, 9.17) is 0 Å². The molecule has 3 aromatic rings. The van der Waals surface area contributed by atoms with Crippen molar-refractivity contribution in [2.75, 3.05) is 0 Å². The quantitative estimate of drug-likeness (QED) is 0.568. The first-order valence-electron chi connectivity index (χ1n) is 7.06. The molecule has 0 amide bonds. The summed E-state index contributed by atoms with van der Waals surface area (Å²) in [5, 5.41) is 15.3. The Hall–Kier alpha value is -1.38. The lowest BCUT2D eigenvalue weighted by atomic mass is 9.85. The second-order valence-electron chi connectivity index (χ2n) is 5.55. The van der Waals surface area contributed by atoms with Gasteiger partial charge in [-0.25, -0.2) is 0 Å². The van der Waals surface area contributed by atoms with E-state index in [1.165, 1.54) is 27.1 Å². The van der Waals surface area contributed by atoms with Crippen LogP contribution >= 0.6 is 15.9 Å². The number of halogens is 1. The predicted octanol–water partition coefficient (Wildman–Crippen LogP) is 5.13. The van der Waals surface area contributed by atoms with Crippen molar-refractivity contribution < 1.29 is 5.11 Å². The van der Waals surface area contributed by atoms with Gasteiger partial charge in [0.25, 0.3) is 0 Å². The van der Waals surface area contributed by atoms with Gasteiger partial charge < -0.3 is 5.11 Å². The van der Waals surface area contributed by atoms with Gasteiger partial charge >= 0.3 is 0 Å². The summed E-state index contributed by atoms with van der Waals surface area (Å²) in [6, 6.07) is 15.0. The second kappa shape index (κ2) is 4.57. The Kier molecular flexibility index (Phi) is 2.83. The van der Waals surface area contributed by atoms with E-state index < -0.39 is 0 Å². The average Bonchev–Trinajstić information content (AvgIpc) is 2.47. The third-order valence-electron chi connectivity index (χ3n) is 4.38. The van der Waals surface area contributed by atoms with Gasteiger partial charge in [0, 0.05) is 4.47 Å². The zero-order chi connectivity index (χ0) is 13.7. The van der Waals surface area contributed by atoms with Gasteiger partial charge in [-0.1, -0.05) is 52.3 Å². The van der Waals surface area contributed by atoms with Gasteiger partial charge in [0.15, 0.2) is 0 Å². The third-order valence-corrected chi connectivity index (χ3v) is 5.04. The molecule has 0 fully saturated rings. The monoisotopic (exact) mass is 326 g/mol. The maximum atomic E-state index is 10.4. The Bertz CT molecular complexity index is 822. The van der Waals surface area contributed by atoms with Crippen molar-refractivity contribution in [2.24, 2.45) is 0 Å². The van der Waals surface area contributed by atoms with E-state index in [1.54, 1.807) is 0 Å². The minimum absolute atomic E-state index is 0.324. The molecule has 1 aliphatic carbocycles. The zero-order valence-corrected chi connectivity index (χ0v) is 12.7. The van der Waals surface area contributed by atoms with Crippen LogP contribution in [0.1, 0.15) is 30.1 Å². The predicted molar refractivity (Wildman–Crippen MR) is 87.1 cm³/mol. The molecule has 0 saturated carbocycles. The molecule has 2 heteroatoms. The third kappa shape index (κ3) is 1.72. The highest BCUT2D eigenvalue weighted by Gasteiger charge is 2.21. The van der Waals surface area contributed by atoms with Gasteiger partial charge in [-0.05, 0) is 58.0 Å². The largest absolute Gasteiger partial charge is 0.388 e. The number of benzene rings is 3. The van der Waals surface area contributed by atoms with Gasteiger partial charge in [0.2, 0.25) is 0 Å². The van der Waals surface area contributed by atoms with E-state index in [0.717, 1.165) is 29.3 Å². The summed E-state index contributed by atoms with van der Waals surface area (Å²) in [4.78, 5) is 0. The van der Waals surface area contributed by atoms with Crippen LogP contribution in [0, 0.1) is 0 Å². The first kappa shape index (κ1) is 12.4. The standard InChI is InChI=1S/C18H15BrO/c19-16-10-15-13(12-5-1-2-6-14(12)16)9-8-11-4-3-7-17(20)18(11)15/h1-2,5-6,8-10,17,20H,3-4,7H2. The van der Waals surface area contributed by atoms with Gasteiger partial charge in [0.05, 0.1) is 6.10 Å². The average molecular weight is 327 g/mol. The lowest BCUT2D eigenvalue weighted by molar-refractivity contribution is 0.158. The molecule has 0 radical (unpaired) electrons. The number of aliphatic hydroxyl groups is 1. The molecule has 1 unspecified atom stereocenters. The summed E-state index contributed by atoms with van der Waals surface area (Å²) in [5.41, 5.74) is 2.44. The van der Waals surface area contributed by atoms with Crippen molar-refractivity contribution >= 4 is 37.5 Å². The minimum atomic E-state index is -0.324. The molecule has 0 bridgehead atoms. The fourth-order valence-electron chi connectivity index (χ4n) is 3.44. The summed E-state index contributed by atoms with van der Waals surface area (Å²) in [5.74, 6) is 0. The molecule has 1 N–H and O–H groups in total. The number of aliphatic hydroxyl groups excluding tert-OH is 1. The lowest BCUT2D eigenvalue weighted by Crippen LogP contribution is -2.09. The van der Waals surface area contributed by atoms with Gasteiger partial charge in [-0.15, -0.1) is 0 Å². The van der Waals surface area contributed by atoms with Crippen molar-refractivity contribution in [3.05, 3.63) is 58.1 Å². The Morgan fingerprint density at radius 2 is 1.70 bits per heavy atom. The molecule has 0 heterocycles. The Morgan fingerprint density at radius 1 is 0.950 bits per heavy atom. The Balaban J connectivity index is 2.19. The summed E-state index contributed by atoms with van der Waals surface area (Å²) >= 11 is 3.68. The molecule has 3 aromatic carbocycles. The number of aryl methyl sites for hydroxylation is 1. The van der Waals surface area contributed by atoms with Crippen LogP contribution in [-0.2, 0) is 6.42 Å². The van der Waals surface area contributed by atoms with E-state index >= 15 is 0 Å². The number of rotatable bonds is 0. The summed E-state index contributed by atoms with van der Waals surface area (Å²) in [6.07, 6.45) is 2.70. The number of hydrogen-bond acceptors (Lipinski definition) is 1. The molecule has 0 spiro atoms. The van der Waals surface area contributed by atoms with Crippen molar-refractivity contribution in [1.82, 2.24) is 0 Å². The highest BCUT2D eigenvalue weighted by Crippen LogP contribution is 2.40. The van der Waals surface area contributed by atoms with Crippen LogP contribution in [0.25, 0.3) is 21.5 Å². The lowest BCUT2D eigenvalue weighted by Gasteiger charge is -2.24. The van der Waals surface area contributed by atoms with E-state index in [9.17, 15) is 5.11 Å². The Labute approximate surface area is 126 Å². The highest BCUT2D eigenvalue weighted by molar-refractivity contribution is 9.10. The van der Waals surface area contributed by atoms with Crippen molar-refractivity contribution in [2.45, 2.75) is 25.4 Å². The van der Waals surface area contributed by atoms with E-state index in [2.05, 4.69) is 58.4 Å². The molecule has 1 nitrogen and oxygen atoms in total. The maximum Gasteiger partial charge on any atom is 0.0798 e. The molecule has 0 aromatic heterocycles. The van der Waals surface area contributed by atoms with Crippen molar-refractivity contribution in [3.63, 3.8) is 0 Å². The van der Waals surface area contributed by atoms with Crippen LogP contribution < -0.4 is 0 Å². The summed E-state index contributed by atoms with van der Waals surface area (Å²) in [6.45, 7) is 0. The van der Waals surface area contributed by atoms with Gasteiger partial charge in [-0.2, -0.15) is 0 Å². The van der Waals surface area contributed by atoms with E-state index in [1.807, 2.05) is 0 Å². The van der Waals surface area contributed by atoms with Crippen LogP contribution in [0.2, 0.25) is 0 Å². The first-order chi connectivity index (χ1) is 9.75. The molecule has 4 rings (SSSR count). The van der Waals surface area contributed by atoms with Crippen LogP contribution in [0.3, 0.4) is 0 Å². The SMILES string of the molecule is OC1CCCc2ccc3c(cc(Br)c4ccccc43)c21. The van der Waals surface area contributed by atoms with Crippen LogP contribution in [0.15, 0.2) is 46.9 Å². The van der Waals surface area contributed by atoms with Crippen LogP contribution in [-0.4, -0.2) is 5.11 Å². The minimum Gasteiger partial charge on any atom is -0.388 e. The molecule has 20 heavy (non-hydrogen) atoms. The summed E-state index contributed by atoms with van der Waals surface area (Å²) in [7, 11) is 0. The van der Waals surface area contributed by atoms with E-state index in [0.29, 0.717) is 0 Å². The molecule has 0 aliphatic heterocycles. The summed E-state index contributed by atoms with van der Waals surface area (Å²) < 4.78 is 1.10. The molecular formula is C18H15BrO. The van der Waals surface area contributed by atoms with Gasteiger partial charge in [-0.3, -0.25) is 0 Å². The normalized spacial score (nSPS) is 18.4. The van der Waals surface area contributed by atoms with Gasteiger partial charge in [0.1, 0.15) is 0 Å². The first-order valence-corrected chi connectivity index (χ1v) is 7.86. The molecule has 1 atom stereocenters. The van der Waals surface area contributed by atoms with E-state index in [-0.39, 0.29) is 6.10 Å². The molecule has 0 saturated heterocycles. The smallest absolute Gasteiger partial charge is 0.0798 e. The topological polar surface area (TPSA) is 20.2 Å². The zero-order valence-electron chi connectivity index (χ0n) is 11.1. The van der Waals surface area contributed by atoms with Crippen molar-refractivity contribution in [1.29, 1.82) is 0 Å². The van der Waals surface area contributed by atoms with Crippen molar-refractivity contribution in [3.8, 4) is 0 Å². The molecular weight excluding hydrogens is 312 g/mol. The van der Waals surface area contributed by atoms with Crippen LogP contribution in [0.4, 0.5) is 0 Å². The second-order valence-corrected chi connectivity index (χ2v) is 6.40. The number of fused-ring (bicyclic) bond motifs is 5. The fourth-order valence-corrected chi connectivity index (χ4v) is 4.02. The number of hydrogen-bond donors (Lipinski definition) is 1. The highest BCUT2D eigenvalue weighted by atomic mass is 79.9. The maximum absolute atomic E-state index is 10.4. The molecule has 1 aliphatic rings. The molecule has 100 valence electrons. The fraction of sp³-hybridized carbons (Fsp3) is 0.222. The Morgan fingerprint density at radius 3 is 2.55 bits per heavy atom. The van der Waals surface area contributed by atoms with Crippen LogP contribution in [0.5, 0.6) is 0 Å².